The van der Waals surface area contributed by atoms with Gasteiger partial charge < -0.3 is 5.32 Å². The standard InChI is InChI=1S/C22H30N4O/c1-16(2)14-24-22(27)20-8-7-17(3)25-21(20)18-9-12-26(13-10-18)15-19-6-4-5-11-23-19/h4-8,11,16,18H,9-10,12-15H2,1-3H3,(H,24,27). The van der Waals surface area contributed by atoms with Gasteiger partial charge in [0, 0.05) is 30.9 Å². The maximum Gasteiger partial charge on any atom is 0.253 e. The minimum absolute atomic E-state index is 0.00196. The summed E-state index contributed by atoms with van der Waals surface area (Å²) in [6, 6.07) is 9.93. The molecule has 0 bridgehead atoms. The summed E-state index contributed by atoms with van der Waals surface area (Å²) in [6.45, 7) is 9.78. The number of amides is 1. The number of aryl methyl sites for hydroxylation is 1. The van der Waals surface area contributed by atoms with E-state index in [4.69, 9.17) is 4.98 Å². The lowest BCUT2D eigenvalue weighted by Crippen LogP contribution is -2.34. The Morgan fingerprint density at radius 1 is 1.22 bits per heavy atom. The predicted octanol–water partition coefficient (Wildman–Crippen LogP) is 3.55. The van der Waals surface area contributed by atoms with E-state index in [1.54, 1.807) is 0 Å². The van der Waals surface area contributed by atoms with Gasteiger partial charge in [-0.15, -0.1) is 0 Å². The second kappa shape index (κ2) is 9.09. The molecular weight excluding hydrogens is 336 g/mol. The van der Waals surface area contributed by atoms with Gasteiger partial charge >= 0.3 is 0 Å². The molecule has 1 saturated heterocycles. The summed E-state index contributed by atoms with van der Waals surface area (Å²) >= 11 is 0. The first-order valence-corrected chi connectivity index (χ1v) is 9.91. The summed E-state index contributed by atoms with van der Waals surface area (Å²) in [5, 5.41) is 3.04. The van der Waals surface area contributed by atoms with Crippen molar-refractivity contribution in [2.24, 2.45) is 5.92 Å². The van der Waals surface area contributed by atoms with E-state index in [-0.39, 0.29) is 5.91 Å². The zero-order valence-electron chi connectivity index (χ0n) is 16.6. The van der Waals surface area contributed by atoms with E-state index in [9.17, 15) is 4.79 Å². The third-order valence-electron chi connectivity index (χ3n) is 5.07. The lowest BCUT2D eigenvalue weighted by atomic mass is 9.89. The van der Waals surface area contributed by atoms with Crippen molar-refractivity contribution in [1.29, 1.82) is 0 Å². The highest BCUT2D eigenvalue weighted by atomic mass is 16.1. The topological polar surface area (TPSA) is 58.1 Å². The molecule has 0 aromatic carbocycles. The number of pyridine rings is 2. The molecule has 1 amide bonds. The summed E-state index contributed by atoms with van der Waals surface area (Å²) in [6.07, 6.45) is 3.89. The van der Waals surface area contributed by atoms with Gasteiger partial charge in [0.2, 0.25) is 0 Å². The quantitative estimate of drug-likeness (QED) is 0.849. The number of rotatable bonds is 6. The highest BCUT2D eigenvalue weighted by Crippen LogP contribution is 2.30. The summed E-state index contributed by atoms with van der Waals surface area (Å²) in [7, 11) is 0. The second-order valence-corrected chi connectivity index (χ2v) is 7.86. The van der Waals surface area contributed by atoms with Gasteiger partial charge in [-0.1, -0.05) is 19.9 Å². The molecule has 144 valence electrons. The molecule has 0 unspecified atom stereocenters. The minimum atomic E-state index is 0.00196. The third-order valence-corrected chi connectivity index (χ3v) is 5.07. The van der Waals surface area contributed by atoms with Crippen LogP contribution in [0.3, 0.4) is 0 Å². The van der Waals surface area contributed by atoms with Gasteiger partial charge in [-0.2, -0.15) is 0 Å². The Hall–Kier alpha value is -2.27. The van der Waals surface area contributed by atoms with Crippen molar-refractivity contribution in [2.75, 3.05) is 19.6 Å². The maximum atomic E-state index is 12.7. The van der Waals surface area contributed by atoms with E-state index in [0.29, 0.717) is 18.4 Å². The number of nitrogens with zero attached hydrogens (tertiary/aromatic N) is 3. The van der Waals surface area contributed by atoms with Crippen LogP contribution < -0.4 is 5.32 Å². The molecular formula is C22H30N4O. The Morgan fingerprint density at radius 3 is 2.67 bits per heavy atom. The maximum absolute atomic E-state index is 12.7. The summed E-state index contributed by atoms with van der Waals surface area (Å²) in [5.74, 6) is 0.775. The van der Waals surface area contributed by atoms with Crippen LogP contribution in [0, 0.1) is 12.8 Å². The highest BCUT2D eigenvalue weighted by Gasteiger charge is 2.26. The SMILES string of the molecule is Cc1ccc(C(=O)NCC(C)C)c(C2CCN(Cc3ccccn3)CC2)n1. The first kappa shape index (κ1) is 19.5. The fourth-order valence-corrected chi connectivity index (χ4v) is 3.56. The molecule has 1 aliphatic rings. The normalized spacial score (nSPS) is 15.9. The Kier molecular flexibility index (Phi) is 6.56. The molecule has 3 heterocycles. The smallest absolute Gasteiger partial charge is 0.253 e. The Labute approximate surface area is 162 Å². The molecule has 2 aromatic heterocycles. The molecule has 1 aliphatic heterocycles. The molecule has 2 aromatic rings. The van der Waals surface area contributed by atoms with Crippen molar-refractivity contribution in [3.05, 3.63) is 59.2 Å². The molecule has 0 radical (unpaired) electrons. The van der Waals surface area contributed by atoms with E-state index in [1.807, 2.05) is 37.4 Å². The largest absolute Gasteiger partial charge is 0.352 e. The van der Waals surface area contributed by atoms with Gasteiger partial charge in [0.15, 0.2) is 0 Å². The van der Waals surface area contributed by atoms with Crippen LogP contribution in [0.5, 0.6) is 0 Å². The monoisotopic (exact) mass is 366 g/mol. The number of hydrogen-bond donors (Lipinski definition) is 1. The second-order valence-electron chi connectivity index (χ2n) is 7.86. The molecule has 5 heteroatoms. The van der Waals surface area contributed by atoms with E-state index >= 15 is 0 Å². The number of hydrogen-bond acceptors (Lipinski definition) is 4. The Bertz CT molecular complexity index is 752. The number of nitrogens with one attached hydrogen (secondary N) is 1. The zero-order chi connectivity index (χ0) is 19.2. The van der Waals surface area contributed by atoms with E-state index in [0.717, 1.165) is 55.1 Å². The van der Waals surface area contributed by atoms with Crippen LogP contribution >= 0.6 is 0 Å². The van der Waals surface area contributed by atoms with Crippen LogP contribution in [0.4, 0.5) is 0 Å². The molecule has 5 nitrogen and oxygen atoms in total. The molecule has 3 rings (SSSR count). The molecule has 0 atom stereocenters. The minimum Gasteiger partial charge on any atom is -0.352 e. The van der Waals surface area contributed by atoms with E-state index in [1.165, 1.54) is 0 Å². The molecule has 1 N–H and O–H groups in total. The van der Waals surface area contributed by atoms with Gasteiger partial charge in [-0.25, -0.2) is 0 Å². The fraction of sp³-hybridized carbons (Fsp3) is 0.500. The van der Waals surface area contributed by atoms with Crippen molar-refractivity contribution < 1.29 is 4.79 Å². The number of carbonyl (C=O) groups is 1. The molecule has 0 saturated carbocycles. The lowest BCUT2D eigenvalue weighted by Gasteiger charge is -2.32. The lowest BCUT2D eigenvalue weighted by molar-refractivity contribution is 0.0946. The predicted molar refractivity (Wildman–Crippen MR) is 108 cm³/mol. The van der Waals surface area contributed by atoms with Crippen molar-refractivity contribution in [3.63, 3.8) is 0 Å². The fourth-order valence-electron chi connectivity index (χ4n) is 3.56. The summed E-state index contributed by atoms with van der Waals surface area (Å²) < 4.78 is 0. The summed E-state index contributed by atoms with van der Waals surface area (Å²) in [5.41, 5.74) is 3.79. The summed E-state index contributed by atoms with van der Waals surface area (Å²) in [4.78, 5) is 24.3. The van der Waals surface area contributed by atoms with Crippen molar-refractivity contribution in [1.82, 2.24) is 20.2 Å². The average Bonchev–Trinajstić information content (AvgIpc) is 2.67. The van der Waals surface area contributed by atoms with E-state index in [2.05, 4.69) is 35.1 Å². The Morgan fingerprint density at radius 2 is 2.00 bits per heavy atom. The number of aromatic nitrogens is 2. The third kappa shape index (κ3) is 5.36. The molecule has 0 spiro atoms. The van der Waals surface area contributed by atoms with E-state index < -0.39 is 0 Å². The highest BCUT2D eigenvalue weighted by molar-refractivity contribution is 5.95. The number of likely N-dealkylation sites (tertiary alicyclic amines) is 1. The van der Waals surface area contributed by atoms with Crippen LogP contribution in [0.25, 0.3) is 0 Å². The molecule has 27 heavy (non-hydrogen) atoms. The molecule has 1 fully saturated rings. The average molecular weight is 367 g/mol. The van der Waals surface area contributed by atoms with Gasteiger partial charge in [0.25, 0.3) is 5.91 Å². The molecule has 0 aliphatic carbocycles. The van der Waals surface area contributed by atoms with Gasteiger partial charge in [0.1, 0.15) is 0 Å². The first-order chi connectivity index (χ1) is 13.0. The van der Waals surface area contributed by atoms with Gasteiger partial charge in [-0.05, 0) is 63.0 Å². The Balaban J connectivity index is 1.66. The van der Waals surface area contributed by atoms with Crippen LogP contribution in [0.2, 0.25) is 0 Å². The van der Waals surface area contributed by atoms with Gasteiger partial charge in [-0.3, -0.25) is 19.7 Å². The van der Waals surface area contributed by atoms with Crippen molar-refractivity contribution in [2.45, 2.75) is 46.1 Å². The number of carbonyl (C=O) groups excluding carboxylic acids is 1. The first-order valence-electron chi connectivity index (χ1n) is 9.91. The van der Waals surface area contributed by atoms with Crippen LogP contribution in [-0.4, -0.2) is 40.4 Å². The number of piperidine rings is 1. The van der Waals surface area contributed by atoms with Crippen LogP contribution in [-0.2, 0) is 6.54 Å². The van der Waals surface area contributed by atoms with Crippen molar-refractivity contribution >= 4 is 5.91 Å². The zero-order valence-corrected chi connectivity index (χ0v) is 16.6. The van der Waals surface area contributed by atoms with Crippen LogP contribution in [0.1, 0.15) is 60.0 Å². The van der Waals surface area contributed by atoms with Gasteiger partial charge in [0.05, 0.1) is 17.0 Å². The van der Waals surface area contributed by atoms with Crippen LogP contribution in [0.15, 0.2) is 36.5 Å². The van der Waals surface area contributed by atoms with Crippen molar-refractivity contribution in [3.8, 4) is 0 Å².